The topological polar surface area (TPSA) is 47.8 Å². The lowest BCUT2D eigenvalue weighted by atomic mass is 9.98. The Morgan fingerprint density at radius 1 is 1.20 bits per heavy atom. The summed E-state index contributed by atoms with van der Waals surface area (Å²) in [5.41, 5.74) is 3.74. The third-order valence-electron chi connectivity index (χ3n) is 4.11. The van der Waals surface area contributed by atoms with Crippen molar-refractivity contribution in [2.24, 2.45) is 0 Å². The maximum Gasteiger partial charge on any atom is 0.159 e. The highest BCUT2D eigenvalue weighted by molar-refractivity contribution is 7.19. The number of pyridine rings is 1. The van der Waals surface area contributed by atoms with Crippen LogP contribution in [0.5, 0.6) is 0 Å². The minimum absolute atomic E-state index is 0.563. The quantitative estimate of drug-likeness (QED) is 0.459. The number of thiophene rings is 1. The van der Waals surface area contributed by atoms with Crippen molar-refractivity contribution in [3.8, 4) is 21.7 Å². The molecule has 4 rings (SSSR count). The Hall–Kier alpha value is -2.50. The van der Waals surface area contributed by atoms with E-state index < -0.39 is 0 Å². The molecule has 0 aliphatic heterocycles. The van der Waals surface area contributed by atoms with Crippen LogP contribution in [0.1, 0.15) is 17.3 Å². The Morgan fingerprint density at radius 2 is 2.00 bits per heavy atom. The van der Waals surface area contributed by atoms with Crippen LogP contribution in [0.3, 0.4) is 0 Å². The highest BCUT2D eigenvalue weighted by Gasteiger charge is 2.21. The molecular formula is C19H14ClN3OS. The molecule has 0 fully saturated rings. The van der Waals surface area contributed by atoms with Gasteiger partial charge < -0.3 is 0 Å². The Balaban J connectivity index is 2.14. The van der Waals surface area contributed by atoms with E-state index in [0.717, 1.165) is 33.3 Å². The minimum atomic E-state index is 0.563. The number of rotatable bonds is 4. The van der Waals surface area contributed by atoms with Gasteiger partial charge >= 0.3 is 0 Å². The molecule has 3 aromatic heterocycles. The monoisotopic (exact) mass is 367 g/mol. The number of nitrogens with zero attached hydrogens (tertiary/aromatic N) is 3. The molecule has 0 aliphatic carbocycles. The molecule has 0 atom stereocenters. The summed E-state index contributed by atoms with van der Waals surface area (Å²) in [6.45, 7) is 2.72. The summed E-state index contributed by atoms with van der Waals surface area (Å²) in [4.78, 5) is 17.7. The smallest absolute Gasteiger partial charge is 0.159 e. The zero-order valence-electron chi connectivity index (χ0n) is 13.4. The van der Waals surface area contributed by atoms with Crippen molar-refractivity contribution in [3.63, 3.8) is 0 Å². The lowest BCUT2D eigenvalue weighted by Gasteiger charge is -2.11. The molecule has 0 radical (unpaired) electrons. The zero-order chi connectivity index (χ0) is 17.4. The molecule has 0 N–H and O–H groups in total. The number of fused-ring (bicyclic) bond motifs is 1. The van der Waals surface area contributed by atoms with E-state index in [2.05, 4.69) is 5.10 Å². The van der Waals surface area contributed by atoms with E-state index in [9.17, 15) is 4.79 Å². The second kappa shape index (κ2) is 6.43. The van der Waals surface area contributed by atoms with E-state index in [0.29, 0.717) is 22.1 Å². The van der Waals surface area contributed by atoms with Crippen LogP contribution in [0.15, 0.2) is 48.7 Å². The number of carbonyl (C=O) groups is 1. The van der Waals surface area contributed by atoms with E-state index in [1.54, 1.807) is 6.20 Å². The SMILES string of the molecule is CCn1ncc2c(-c3ccc(Cl)s3)c(C=O)c(-c3ccccc3)nc21. The molecule has 4 nitrogen and oxygen atoms in total. The number of aryl methyl sites for hydroxylation is 1. The van der Waals surface area contributed by atoms with Gasteiger partial charge in [-0.2, -0.15) is 5.10 Å². The van der Waals surface area contributed by atoms with Crippen LogP contribution >= 0.6 is 22.9 Å². The van der Waals surface area contributed by atoms with Gasteiger partial charge in [-0.1, -0.05) is 41.9 Å². The van der Waals surface area contributed by atoms with Gasteiger partial charge in [0.15, 0.2) is 11.9 Å². The van der Waals surface area contributed by atoms with E-state index >= 15 is 0 Å². The van der Waals surface area contributed by atoms with Gasteiger partial charge in [-0.3, -0.25) is 4.79 Å². The van der Waals surface area contributed by atoms with Crippen LogP contribution in [-0.4, -0.2) is 21.1 Å². The maximum atomic E-state index is 12.0. The van der Waals surface area contributed by atoms with Gasteiger partial charge in [0.1, 0.15) is 0 Å². The van der Waals surface area contributed by atoms with Gasteiger partial charge in [0.05, 0.1) is 21.8 Å². The van der Waals surface area contributed by atoms with Crippen molar-refractivity contribution in [3.05, 3.63) is 58.6 Å². The van der Waals surface area contributed by atoms with Gasteiger partial charge in [-0.05, 0) is 19.1 Å². The van der Waals surface area contributed by atoms with Crippen molar-refractivity contribution in [2.75, 3.05) is 0 Å². The van der Waals surface area contributed by atoms with Crippen molar-refractivity contribution in [1.29, 1.82) is 0 Å². The summed E-state index contributed by atoms with van der Waals surface area (Å²) < 4.78 is 2.52. The number of halogens is 1. The van der Waals surface area contributed by atoms with Gasteiger partial charge in [0, 0.05) is 27.9 Å². The number of carbonyl (C=O) groups excluding carboxylic acids is 1. The number of aromatic nitrogens is 3. The Labute approximate surface area is 153 Å². The van der Waals surface area contributed by atoms with E-state index in [4.69, 9.17) is 16.6 Å². The molecule has 0 saturated heterocycles. The third-order valence-corrected chi connectivity index (χ3v) is 5.36. The van der Waals surface area contributed by atoms with E-state index in [1.165, 1.54) is 11.3 Å². The summed E-state index contributed by atoms with van der Waals surface area (Å²) >= 11 is 7.59. The Morgan fingerprint density at radius 3 is 2.64 bits per heavy atom. The van der Waals surface area contributed by atoms with Crippen LogP contribution in [0.4, 0.5) is 0 Å². The number of hydrogen-bond acceptors (Lipinski definition) is 4. The largest absolute Gasteiger partial charge is 0.298 e. The first kappa shape index (κ1) is 16.0. The van der Waals surface area contributed by atoms with Crippen molar-refractivity contribution in [2.45, 2.75) is 13.5 Å². The number of aldehydes is 1. The summed E-state index contributed by atoms with van der Waals surface area (Å²) in [7, 11) is 0. The van der Waals surface area contributed by atoms with Crippen molar-refractivity contribution < 1.29 is 4.79 Å². The van der Waals surface area contributed by atoms with Gasteiger partial charge in [0.25, 0.3) is 0 Å². The Bertz CT molecular complexity index is 1070. The zero-order valence-corrected chi connectivity index (χ0v) is 15.0. The first-order valence-corrected chi connectivity index (χ1v) is 9.08. The highest BCUT2D eigenvalue weighted by Crippen LogP contribution is 2.40. The molecule has 4 aromatic rings. The van der Waals surface area contributed by atoms with Crippen molar-refractivity contribution >= 4 is 40.3 Å². The predicted molar refractivity (Wildman–Crippen MR) is 102 cm³/mol. The fourth-order valence-corrected chi connectivity index (χ4v) is 4.10. The molecule has 0 spiro atoms. The molecule has 6 heteroatoms. The Kier molecular flexibility index (Phi) is 4.11. The fourth-order valence-electron chi connectivity index (χ4n) is 2.98. The molecule has 1 aromatic carbocycles. The van der Waals surface area contributed by atoms with Gasteiger partial charge in [-0.25, -0.2) is 9.67 Å². The molecule has 0 bridgehead atoms. The summed E-state index contributed by atoms with van der Waals surface area (Å²) in [5, 5.41) is 5.29. The lowest BCUT2D eigenvalue weighted by molar-refractivity contribution is 0.112. The van der Waals surface area contributed by atoms with Gasteiger partial charge in [-0.15, -0.1) is 11.3 Å². The first-order valence-electron chi connectivity index (χ1n) is 7.88. The summed E-state index contributed by atoms with van der Waals surface area (Å²) in [5.74, 6) is 0. The van der Waals surface area contributed by atoms with Crippen molar-refractivity contribution in [1.82, 2.24) is 14.8 Å². The highest BCUT2D eigenvalue weighted by atomic mass is 35.5. The standard InChI is InChI=1S/C19H14ClN3OS/c1-2-23-19-13(10-21-23)17(15-8-9-16(20)25-15)14(11-24)18(22-19)12-6-4-3-5-7-12/h3-11H,2H2,1H3. The number of hydrogen-bond donors (Lipinski definition) is 0. The molecule has 0 aliphatic rings. The van der Waals surface area contributed by atoms with E-state index in [-0.39, 0.29) is 0 Å². The predicted octanol–water partition coefficient (Wildman–Crippen LogP) is 5.31. The molecule has 3 heterocycles. The maximum absolute atomic E-state index is 12.0. The van der Waals surface area contributed by atoms with Crippen LogP contribution in [-0.2, 0) is 6.54 Å². The average molecular weight is 368 g/mol. The number of benzene rings is 1. The molecular weight excluding hydrogens is 354 g/mol. The lowest BCUT2D eigenvalue weighted by Crippen LogP contribution is -2.01. The van der Waals surface area contributed by atoms with Crippen LogP contribution in [0.25, 0.3) is 32.7 Å². The first-order chi connectivity index (χ1) is 12.2. The minimum Gasteiger partial charge on any atom is -0.298 e. The van der Waals surface area contributed by atoms with Crippen LogP contribution in [0, 0.1) is 0 Å². The molecule has 0 amide bonds. The van der Waals surface area contributed by atoms with E-state index in [1.807, 2.05) is 54.1 Å². The average Bonchev–Trinajstić information content (AvgIpc) is 3.26. The summed E-state index contributed by atoms with van der Waals surface area (Å²) in [6, 6.07) is 13.5. The third kappa shape index (κ3) is 2.65. The normalized spacial score (nSPS) is 11.1. The molecule has 0 unspecified atom stereocenters. The molecule has 124 valence electrons. The van der Waals surface area contributed by atoms with Crippen LogP contribution < -0.4 is 0 Å². The van der Waals surface area contributed by atoms with Gasteiger partial charge in [0.2, 0.25) is 0 Å². The molecule has 25 heavy (non-hydrogen) atoms. The second-order valence-corrected chi connectivity index (χ2v) is 7.25. The second-order valence-electron chi connectivity index (χ2n) is 5.53. The molecule has 0 saturated carbocycles. The summed E-state index contributed by atoms with van der Waals surface area (Å²) in [6.07, 6.45) is 2.65. The van der Waals surface area contributed by atoms with Crippen LogP contribution in [0.2, 0.25) is 4.34 Å². The fraction of sp³-hybridized carbons (Fsp3) is 0.105.